The number of aromatic nitrogens is 1. The van der Waals surface area contributed by atoms with Crippen molar-refractivity contribution in [3.05, 3.63) is 93.8 Å². The van der Waals surface area contributed by atoms with Gasteiger partial charge in [-0.1, -0.05) is 19.9 Å². The Bertz CT molecular complexity index is 1340. The van der Waals surface area contributed by atoms with Crippen LogP contribution >= 0.6 is 0 Å². The molecular weight excluding hydrogens is 440 g/mol. The van der Waals surface area contributed by atoms with Crippen molar-refractivity contribution in [2.24, 2.45) is 0 Å². The lowest BCUT2D eigenvalue weighted by atomic mass is 9.91. The maximum atomic E-state index is 13.4. The molecule has 1 unspecified atom stereocenters. The van der Waals surface area contributed by atoms with Crippen LogP contribution in [0.2, 0.25) is 0 Å². The average Bonchev–Trinajstić information content (AvgIpc) is 3.11. The van der Waals surface area contributed by atoms with Crippen molar-refractivity contribution in [2.75, 3.05) is 12.0 Å². The summed E-state index contributed by atoms with van der Waals surface area (Å²) in [5.74, 6) is -0.740. The van der Waals surface area contributed by atoms with E-state index in [0.717, 1.165) is 28.0 Å². The van der Waals surface area contributed by atoms with E-state index in [4.69, 9.17) is 4.74 Å². The van der Waals surface area contributed by atoms with E-state index >= 15 is 0 Å². The summed E-state index contributed by atoms with van der Waals surface area (Å²) in [6.07, 6.45) is 3.23. The van der Waals surface area contributed by atoms with Gasteiger partial charge in [0.05, 0.1) is 18.7 Å². The highest BCUT2D eigenvalue weighted by Crippen LogP contribution is 2.43. The lowest BCUT2D eigenvalue weighted by Crippen LogP contribution is -2.29. The lowest BCUT2D eigenvalue weighted by molar-refractivity contribution is -0.132. The van der Waals surface area contributed by atoms with Crippen LogP contribution in [0.3, 0.4) is 0 Å². The highest BCUT2D eigenvalue weighted by Gasteiger charge is 2.47. The average molecular weight is 471 g/mol. The number of benzene rings is 2. The molecule has 1 amide bonds. The fourth-order valence-corrected chi connectivity index (χ4v) is 4.56. The van der Waals surface area contributed by atoms with Crippen molar-refractivity contribution < 1.29 is 19.4 Å². The monoisotopic (exact) mass is 470 g/mol. The summed E-state index contributed by atoms with van der Waals surface area (Å²) < 4.78 is 5.54. The van der Waals surface area contributed by atoms with E-state index in [1.165, 1.54) is 4.90 Å². The number of carbonyl (C=O) groups is 2. The molecule has 35 heavy (non-hydrogen) atoms. The molecule has 0 spiro atoms. The van der Waals surface area contributed by atoms with Crippen molar-refractivity contribution in [1.29, 1.82) is 0 Å². The molecule has 1 N–H and O–H groups in total. The quantitative estimate of drug-likeness (QED) is 0.291. The Morgan fingerprint density at radius 3 is 2.26 bits per heavy atom. The number of aliphatic hydroxyl groups is 1. The van der Waals surface area contributed by atoms with E-state index < -0.39 is 17.7 Å². The molecule has 1 fully saturated rings. The Balaban J connectivity index is 1.98. The Morgan fingerprint density at radius 2 is 1.66 bits per heavy atom. The van der Waals surface area contributed by atoms with E-state index in [0.29, 0.717) is 16.8 Å². The maximum Gasteiger partial charge on any atom is 0.300 e. The molecule has 0 saturated carbocycles. The molecule has 1 aromatic heterocycles. The van der Waals surface area contributed by atoms with E-state index in [9.17, 15) is 14.7 Å². The molecule has 6 heteroatoms. The number of nitrogens with zero attached hydrogens (tertiary/aromatic N) is 2. The number of amides is 1. The third-order valence-corrected chi connectivity index (χ3v) is 6.69. The van der Waals surface area contributed by atoms with Gasteiger partial charge in [0.25, 0.3) is 11.7 Å². The molecule has 1 saturated heterocycles. The summed E-state index contributed by atoms with van der Waals surface area (Å²) in [5.41, 5.74) is 5.60. The number of ketones is 1. The number of methoxy groups -OCH3 is 1. The zero-order valence-corrected chi connectivity index (χ0v) is 20.9. The van der Waals surface area contributed by atoms with E-state index in [2.05, 4.69) is 4.98 Å². The molecular formula is C29H30N2O4. The van der Waals surface area contributed by atoms with Crippen LogP contribution in [-0.2, 0) is 9.59 Å². The van der Waals surface area contributed by atoms with Gasteiger partial charge in [-0.3, -0.25) is 19.5 Å². The standard InChI is InChI=1S/C29H30N2O4/c1-16(2)22-15-23(19(5)14-24(22)35-6)27(32)25-26(20-9-11-30-12-10-20)31(29(34)28(25)33)21-8-7-17(3)18(4)13-21/h7-16,26,32H,1-6H3/b27-25+. The van der Waals surface area contributed by atoms with Gasteiger partial charge in [-0.25, -0.2) is 0 Å². The van der Waals surface area contributed by atoms with Crippen molar-refractivity contribution in [1.82, 2.24) is 4.98 Å². The zero-order chi connectivity index (χ0) is 25.4. The van der Waals surface area contributed by atoms with Gasteiger partial charge in [0.2, 0.25) is 0 Å². The molecule has 4 rings (SSSR count). The maximum absolute atomic E-state index is 13.4. The molecule has 2 aromatic carbocycles. The van der Waals surface area contributed by atoms with Gasteiger partial charge >= 0.3 is 0 Å². The fourth-order valence-electron chi connectivity index (χ4n) is 4.56. The topological polar surface area (TPSA) is 79.7 Å². The molecule has 0 aliphatic carbocycles. The van der Waals surface area contributed by atoms with Crippen LogP contribution in [0.1, 0.15) is 59.2 Å². The molecule has 3 aromatic rings. The van der Waals surface area contributed by atoms with E-state index in [1.54, 1.807) is 31.6 Å². The Morgan fingerprint density at radius 1 is 0.971 bits per heavy atom. The Hall–Kier alpha value is -3.93. The van der Waals surface area contributed by atoms with Gasteiger partial charge in [-0.05, 0) is 90.9 Å². The normalized spacial score (nSPS) is 17.3. The summed E-state index contributed by atoms with van der Waals surface area (Å²) >= 11 is 0. The molecule has 180 valence electrons. The largest absolute Gasteiger partial charge is 0.507 e. The van der Waals surface area contributed by atoms with Crippen LogP contribution < -0.4 is 9.64 Å². The Labute approximate surface area is 205 Å². The highest BCUT2D eigenvalue weighted by atomic mass is 16.5. The van der Waals surface area contributed by atoms with E-state index in [1.807, 2.05) is 65.0 Å². The number of rotatable bonds is 5. The fraction of sp³-hybridized carbons (Fsp3) is 0.276. The van der Waals surface area contributed by atoms with Crippen LogP contribution in [0.4, 0.5) is 5.69 Å². The van der Waals surface area contributed by atoms with Crippen LogP contribution in [0.5, 0.6) is 5.75 Å². The Kier molecular flexibility index (Phi) is 6.48. The summed E-state index contributed by atoms with van der Waals surface area (Å²) in [6.45, 7) is 9.87. The van der Waals surface area contributed by atoms with Crippen LogP contribution in [0.25, 0.3) is 5.76 Å². The number of hydrogen-bond donors (Lipinski definition) is 1. The van der Waals surface area contributed by atoms with E-state index in [-0.39, 0.29) is 17.3 Å². The number of pyridine rings is 1. The van der Waals surface area contributed by atoms with Crippen molar-refractivity contribution in [2.45, 2.75) is 46.6 Å². The predicted molar refractivity (Wildman–Crippen MR) is 137 cm³/mol. The third kappa shape index (κ3) is 4.20. The molecule has 1 aliphatic rings. The van der Waals surface area contributed by atoms with Gasteiger partial charge < -0.3 is 9.84 Å². The SMILES string of the molecule is COc1cc(C)c(/C(O)=C2\C(=O)C(=O)N(c3ccc(C)c(C)c3)C2c2ccncc2)cc1C(C)C. The molecule has 0 bridgehead atoms. The smallest absolute Gasteiger partial charge is 0.300 e. The first-order chi connectivity index (χ1) is 16.6. The number of Topliss-reactive ketones (excluding diaryl/α,β-unsaturated/α-hetero) is 1. The third-order valence-electron chi connectivity index (χ3n) is 6.69. The van der Waals surface area contributed by atoms with Crippen LogP contribution in [-0.4, -0.2) is 28.9 Å². The van der Waals surface area contributed by atoms with Crippen molar-refractivity contribution in [3.8, 4) is 5.75 Å². The predicted octanol–water partition coefficient (Wildman–Crippen LogP) is 5.77. The van der Waals surface area contributed by atoms with Crippen molar-refractivity contribution in [3.63, 3.8) is 0 Å². The van der Waals surface area contributed by atoms with Crippen molar-refractivity contribution >= 4 is 23.1 Å². The number of aryl methyl sites for hydroxylation is 3. The molecule has 1 atom stereocenters. The second-order valence-corrected chi connectivity index (χ2v) is 9.28. The second-order valence-electron chi connectivity index (χ2n) is 9.28. The van der Waals surface area contributed by atoms with Crippen LogP contribution in [0, 0.1) is 20.8 Å². The number of carbonyl (C=O) groups excluding carboxylic acids is 2. The first kappa shape index (κ1) is 24.2. The van der Waals surface area contributed by atoms with Gasteiger partial charge in [0.15, 0.2) is 0 Å². The summed E-state index contributed by atoms with van der Waals surface area (Å²) in [4.78, 5) is 32.4. The number of anilines is 1. The molecule has 1 aliphatic heterocycles. The van der Waals surface area contributed by atoms with Gasteiger partial charge in [-0.2, -0.15) is 0 Å². The summed E-state index contributed by atoms with van der Waals surface area (Å²) in [6, 6.07) is 12.1. The van der Waals surface area contributed by atoms with Gasteiger partial charge in [0, 0.05) is 23.6 Å². The molecule has 0 radical (unpaired) electrons. The zero-order valence-electron chi connectivity index (χ0n) is 20.9. The lowest BCUT2D eigenvalue weighted by Gasteiger charge is -2.26. The van der Waals surface area contributed by atoms with Gasteiger partial charge in [-0.15, -0.1) is 0 Å². The first-order valence-electron chi connectivity index (χ1n) is 11.6. The molecule has 2 heterocycles. The molecule has 6 nitrogen and oxygen atoms in total. The number of ether oxygens (including phenoxy) is 1. The second kappa shape index (κ2) is 9.37. The number of hydrogen-bond acceptors (Lipinski definition) is 5. The summed E-state index contributed by atoms with van der Waals surface area (Å²) in [5, 5.41) is 11.6. The number of aliphatic hydroxyl groups excluding tert-OH is 1. The highest BCUT2D eigenvalue weighted by molar-refractivity contribution is 6.51. The minimum atomic E-state index is -0.788. The first-order valence-corrected chi connectivity index (χ1v) is 11.6. The minimum absolute atomic E-state index is 0.0578. The minimum Gasteiger partial charge on any atom is -0.507 e. The summed E-state index contributed by atoms with van der Waals surface area (Å²) in [7, 11) is 1.61. The van der Waals surface area contributed by atoms with Crippen LogP contribution in [0.15, 0.2) is 60.4 Å². The van der Waals surface area contributed by atoms with Gasteiger partial charge in [0.1, 0.15) is 11.5 Å².